The van der Waals surface area contributed by atoms with Crippen LogP contribution in [-0.4, -0.2) is 0 Å². The molecule has 0 aliphatic carbocycles. The van der Waals surface area contributed by atoms with Crippen LogP contribution in [0.3, 0.4) is 0 Å². The number of hydrogen-bond acceptors (Lipinski definition) is 0. The Labute approximate surface area is 111 Å². The van der Waals surface area contributed by atoms with E-state index in [2.05, 4.69) is 27.7 Å². The molecule has 104 valence electrons. The molecule has 0 amide bonds. The summed E-state index contributed by atoms with van der Waals surface area (Å²) in [4.78, 5) is 0. The molecule has 0 nitrogen and oxygen atoms in total. The van der Waals surface area contributed by atoms with E-state index < -0.39 is 0 Å². The Morgan fingerprint density at radius 2 is 1.12 bits per heavy atom. The van der Waals surface area contributed by atoms with Crippen LogP contribution in [0.5, 0.6) is 0 Å². The van der Waals surface area contributed by atoms with Crippen molar-refractivity contribution in [3.05, 3.63) is 0 Å². The number of unbranched alkanes of at least 4 members (excludes halogenated alkanes) is 6. The molecule has 0 heteroatoms. The minimum absolute atomic E-state index is 0.937. The molecule has 0 saturated heterocycles. The van der Waals surface area contributed by atoms with Crippen molar-refractivity contribution < 1.29 is 0 Å². The van der Waals surface area contributed by atoms with Gasteiger partial charge in [-0.15, -0.1) is 0 Å². The van der Waals surface area contributed by atoms with E-state index in [1.807, 2.05) is 0 Å². The van der Waals surface area contributed by atoms with Gasteiger partial charge in [-0.3, -0.25) is 0 Å². The highest BCUT2D eigenvalue weighted by Gasteiger charge is 2.05. The molecule has 0 aliphatic heterocycles. The van der Waals surface area contributed by atoms with E-state index in [0.29, 0.717) is 0 Å². The highest BCUT2D eigenvalue weighted by Crippen LogP contribution is 2.20. The van der Waals surface area contributed by atoms with E-state index in [9.17, 15) is 0 Å². The number of hydrogen-bond donors (Lipinski definition) is 0. The summed E-state index contributed by atoms with van der Waals surface area (Å²) >= 11 is 0. The van der Waals surface area contributed by atoms with Gasteiger partial charge in [0.2, 0.25) is 0 Å². The van der Waals surface area contributed by atoms with E-state index in [1.54, 1.807) is 0 Å². The van der Waals surface area contributed by atoms with E-state index in [4.69, 9.17) is 0 Å². The average molecular weight is 240 g/mol. The van der Waals surface area contributed by atoms with Crippen LogP contribution in [0.25, 0.3) is 0 Å². The van der Waals surface area contributed by atoms with Crippen molar-refractivity contribution in [1.82, 2.24) is 0 Å². The van der Waals surface area contributed by atoms with Crippen LogP contribution < -0.4 is 0 Å². The van der Waals surface area contributed by atoms with Crippen LogP contribution in [0.1, 0.15) is 98.3 Å². The normalized spacial score (nSPS) is 14.8. The van der Waals surface area contributed by atoms with Crippen LogP contribution in [0, 0.1) is 11.8 Å². The van der Waals surface area contributed by atoms with Crippen molar-refractivity contribution in [2.24, 2.45) is 11.8 Å². The summed E-state index contributed by atoms with van der Waals surface area (Å²) in [5, 5.41) is 0. The highest BCUT2D eigenvalue weighted by atomic mass is 14.1. The third-order valence-electron chi connectivity index (χ3n) is 4.15. The molecule has 0 rings (SSSR count). The Bertz CT molecular complexity index is 139. The lowest BCUT2D eigenvalue weighted by atomic mass is 9.92. The van der Waals surface area contributed by atoms with Crippen molar-refractivity contribution in [3.8, 4) is 0 Å². The Morgan fingerprint density at radius 3 is 1.71 bits per heavy atom. The van der Waals surface area contributed by atoms with Gasteiger partial charge >= 0.3 is 0 Å². The van der Waals surface area contributed by atoms with E-state index in [1.165, 1.54) is 70.6 Å². The quantitative estimate of drug-likeness (QED) is 0.338. The van der Waals surface area contributed by atoms with Gasteiger partial charge in [-0.1, -0.05) is 98.3 Å². The van der Waals surface area contributed by atoms with Gasteiger partial charge in [-0.2, -0.15) is 0 Å². The third kappa shape index (κ3) is 12.2. The Kier molecular flexibility index (Phi) is 12.5. The molecule has 0 aliphatic rings. The minimum Gasteiger partial charge on any atom is -0.0654 e. The first-order valence-electron chi connectivity index (χ1n) is 8.20. The molecule has 0 aromatic rings. The van der Waals surface area contributed by atoms with Gasteiger partial charge in [0.15, 0.2) is 0 Å². The maximum absolute atomic E-state index is 2.44. The molecule has 0 bridgehead atoms. The summed E-state index contributed by atoms with van der Waals surface area (Å²) in [6, 6.07) is 0. The SMILES string of the molecule is CCCCCCCCCC(C)CCC(C)CC. The summed E-state index contributed by atoms with van der Waals surface area (Å²) < 4.78 is 0. The lowest BCUT2D eigenvalue weighted by molar-refractivity contribution is 0.393. The lowest BCUT2D eigenvalue weighted by Gasteiger charge is -2.14. The first-order chi connectivity index (χ1) is 8.20. The van der Waals surface area contributed by atoms with E-state index in [-0.39, 0.29) is 0 Å². The summed E-state index contributed by atoms with van der Waals surface area (Å²) in [7, 11) is 0. The fraction of sp³-hybridized carbons (Fsp3) is 1.00. The predicted molar refractivity (Wildman–Crippen MR) is 80.5 cm³/mol. The maximum atomic E-state index is 2.44. The zero-order valence-electron chi connectivity index (χ0n) is 12.9. The third-order valence-corrected chi connectivity index (χ3v) is 4.15. The smallest absolute Gasteiger partial charge is 0.0443 e. The van der Waals surface area contributed by atoms with Gasteiger partial charge in [0.05, 0.1) is 0 Å². The van der Waals surface area contributed by atoms with Gasteiger partial charge in [0.25, 0.3) is 0 Å². The summed E-state index contributed by atoms with van der Waals surface area (Å²) in [5.41, 5.74) is 0. The molecule has 0 heterocycles. The molecule has 0 aromatic heterocycles. The molecule has 0 fully saturated rings. The monoisotopic (exact) mass is 240 g/mol. The number of rotatable bonds is 12. The van der Waals surface area contributed by atoms with Crippen molar-refractivity contribution in [2.75, 3.05) is 0 Å². The molecule has 0 radical (unpaired) electrons. The molecule has 0 saturated carbocycles. The van der Waals surface area contributed by atoms with E-state index >= 15 is 0 Å². The molecule has 2 atom stereocenters. The second-order valence-corrected chi connectivity index (χ2v) is 6.11. The highest BCUT2D eigenvalue weighted by molar-refractivity contribution is 4.58. The van der Waals surface area contributed by atoms with E-state index in [0.717, 1.165) is 11.8 Å². The molecule has 0 N–H and O–H groups in total. The van der Waals surface area contributed by atoms with Gasteiger partial charge in [-0.25, -0.2) is 0 Å². The minimum atomic E-state index is 0.937. The van der Waals surface area contributed by atoms with Gasteiger partial charge in [0.1, 0.15) is 0 Å². The predicted octanol–water partition coefficient (Wildman–Crippen LogP) is 6.59. The second kappa shape index (κ2) is 12.5. The standard InChI is InChI=1S/C17H36/c1-5-7-8-9-10-11-12-13-17(4)15-14-16(3)6-2/h16-17H,5-15H2,1-4H3. The Hall–Kier alpha value is 0. The maximum Gasteiger partial charge on any atom is -0.0443 e. The average Bonchev–Trinajstić information content (AvgIpc) is 2.34. The topological polar surface area (TPSA) is 0 Å². The fourth-order valence-corrected chi connectivity index (χ4v) is 2.37. The summed E-state index contributed by atoms with van der Waals surface area (Å²) in [6.45, 7) is 9.44. The molecule has 2 unspecified atom stereocenters. The van der Waals surface area contributed by atoms with Crippen LogP contribution in [0.2, 0.25) is 0 Å². The Morgan fingerprint density at radius 1 is 0.588 bits per heavy atom. The van der Waals surface area contributed by atoms with Gasteiger partial charge < -0.3 is 0 Å². The van der Waals surface area contributed by atoms with Crippen LogP contribution in [-0.2, 0) is 0 Å². The fourth-order valence-electron chi connectivity index (χ4n) is 2.37. The van der Waals surface area contributed by atoms with Gasteiger partial charge in [0, 0.05) is 0 Å². The second-order valence-electron chi connectivity index (χ2n) is 6.11. The van der Waals surface area contributed by atoms with Crippen LogP contribution >= 0.6 is 0 Å². The zero-order valence-corrected chi connectivity index (χ0v) is 12.9. The molecule has 0 spiro atoms. The largest absolute Gasteiger partial charge is 0.0654 e. The lowest BCUT2D eigenvalue weighted by Crippen LogP contribution is -1.99. The first-order valence-corrected chi connectivity index (χ1v) is 8.20. The first kappa shape index (κ1) is 17.0. The summed E-state index contributed by atoms with van der Waals surface area (Å²) in [5.74, 6) is 1.89. The zero-order chi connectivity index (χ0) is 12.9. The van der Waals surface area contributed by atoms with Crippen molar-refractivity contribution in [1.29, 1.82) is 0 Å². The molecular weight excluding hydrogens is 204 g/mol. The Balaban J connectivity index is 3.19. The summed E-state index contributed by atoms with van der Waals surface area (Å²) in [6.07, 6.45) is 15.8. The van der Waals surface area contributed by atoms with Crippen molar-refractivity contribution in [3.63, 3.8) is 0 Å². The van der Waals surface area contributed by atoms with Crippen molar-refractivity contribution >= 4 is 0 Å². The molecule has 17 heavy (non-hydrogen) atoms. The van der Waals surface area contributed by atoms with Crippen LogP contribution in [0.15, 0.2) is 0 Å². The van der Waals surface area contributed by atoms with Crippen LogP contribution in [0.4, 0.5) is 0 Å². The molecular formula is C17H36. The van der Waals surface area contributed by atoms with Gasteiger partial charge in [-0.05, 0) is 11.8 Å². The molecule has 0 aromatic carbocycles. The van der Waals surface area contributed by atoms with Crippen molar-refractivity contribution in [2.45, 2.75) is 98.3 Å².